The Morgan fingerprint density at radius 3 is 1.92 bits per heavy atom. The lowest BCUT2D eigenvalue weighted by Gasteiger charge is -2.31. The van der Waals surface area contributed by atoms with Gasteiger partial charge in [-0.2, -0.15) is 34.8 Å². The van der Waals surface area contributed by atoms with Gasteiger partial charge in [0.25, 0.3) is 0 Å². The van der Waals surface area contributed by atoms with Gasteiger partial charge in [-0.1, -0.05) is 36.4 Å². The average molecular weight is 410 g/mol. The maximum absolute atomic E-state index is 13.9. The summed E-state index contributed by atoms with van der Waals surface area (Å²) in [5.74, 6) is -6.93. The van der Waals surface area contributed by atoms with E-state index < -0.39 is 41.6 Å². The second kappa shape index (κ2) is 5.45. The van der Waals surface area contributed by atoms with Crippen molar-refractivity contribution in [2.24, 2.45) is 0 Å². The lowest BCUT2D eigenvalue weighted by molar-refractivity contribution is -0.245. The average Bonchev–Trinajstić information content (AvgIpc) is 2.89. The Kier molecular flexibility index (Phi) is 4.30. The number of hydrogen-bond acceptors (Lipinski definition) is 4. The fraction of sp³-hybridized carbons (Fsp3) is 0.333. The van der Waals surface area contributed by atoms with Gasteiger partial charge >= 0.3 is 26.5 Å². The highest BCUT2D eigenvalue weighted by Gasteiger charge is 2.82. The van der Waals surface area contributed by atoms with Crippen molar-refractivity contribution >= 4 is 26.0 Å². The highest BCUT2D eigenvalue weighted by molar-refractivity contribution is 7.93. The van der Waals surface area contributed by atoms with E-state index >= 15 is 0 Å². The van der Waals surface area contributed by atoms with Gasteiger partial charge in [-0.05, 0) is 11.1 Å². The molecule has 0 bridgehead atoms. The van der Waals surface area contributed by atoms with Crippen molar-refractivity contribution < 1.29 is 47.7 Å². The number of halogens is 6. The van der Waals surface area contributed by atoms with Crippen LogP contribution in [0.2, 0.25) is 0 Å². The van der Waals surface area contributed by atoms with Crippen molar-refractivity contribution in [1.82, 2.24) is 0 Å². The molecule has 5 nitrogen and oxygen atoms in total. The zero-order chi connectivity index (χ0) is 19.5. The summed E-state index contributed by atoms with van der Waals surface area (Å²) < 4.78 is 134. The summed E-state index contributed by atoms with van der Waals surface area (Å²) in [6.45, 7) is 0. The minimum absolute atomic E-state index is 0.0803. The summed E-state index contributed by atoms with van der Waals surface area (Å²) >= 11 is 0. The Morgan fingerprint density at radius 1 is 0.880 bits per heavy atom. The number of rotatable bonds is 5. The molecule has 1 N–H and O–H groups in total. The molecule has 0 amide bonds. The topological polar surface area (TPSA) is 88.5 Å². The van der Waals surface area contributed by atoms with Crippen LogP contribution in [-0.4, -0.2) is 37.8 Å². The maximum atomic E-state index is 13.9. The van der Waals surface area contributed by atoms with Crippen LogP contribution in [0.15, 0.2) is 30.3 Å². The third kappa shape index (κ3) is 2.56. The Balaban J connectivity index is 2.61. The molecular formula is C12H8F6O5S2. The van der Waals surface area contributed by atoms with Crippen LogP contribution in [0.4, 0.5) is 26.3 Å². The highest BCUT2D eigenvalue weighted by Crippen LogP contribution is 2.54. The van der Waals surface area contributed by atoms with Crippen molar-refractivity contribution in [1.29, 1.82) is 0 Å². The Hall–Kier alpha value is -1.60. The molecule has 0 saturated carbocycles. The normalized spacial score (nSPS) is 19.1. The van der Waals surface area contributed by atoms with Crippen LogP contribution < -0.4 is 0 Å². The molecule has 0 aliphatic heterocycles. The van der Waals surface area contributed by atoms with Crippen molar-refractivity contribution in [2.75, 3.05) is 0 Å². The van der Waals surface area contributed by atoms with Crippen LogP contribution in [0, 0.1) is 0 Å². The van der Waals surface area contributed by atoms with E-state index in [1.807, 2.05) is 0 Å². The predicted octanol–water partition coefficient (Wildman–Crippen LogP) is 2.88. The molecule has 2 rings (SSSR count). The minimum atomic E-state index is -7.03. The first-order valence-electron chi connectivity index (χ1n) is 6.20. The smallest absolute Gasteiger partial charge is 0.281 e. The number of hydrogen-bond donors (Lipinski definition) is 1. The van der Waals surface area contributed by atoms with Gasteiger partial charge in [0.15, 0.2) is 0 Å². The highest BCUT2D eigenvalue weighted by atomic mass is 32.2. The third-order valence-corrected chi connectivity index (χ3v) is 6.45. The van der Waals surface area contributed by atoms with Crippen molar-refractivity contribution in [3.63, 3.8) is 0 Å². The van der Waals surface area contributed by atoms with Gasteiger partial charge in [-0.25, -0.2) is 8.42 Å². The van der Waals surface area contributed by atoms with Gasteiger partial charge in [0.1, 0.15) is 5.25 Å². The van der Waals surface area contributed by atoms with Gasteiger partial charge < -0.3 is 0 Å². The summed E-state index contributed by atoms with van der Waals surface area (Å²) in [6.07, 6.45) is 1.59. The Labute approximate surface area is 137 Å². The summed E-state index contributed by atoms with van der Waals surface area (Å²) in [7, 11) is -13.4. The van der Waals surface area contributed by atoms with Crippen LogP contribution in [-0.2, 0) is 20.0 Å². The summed E-state index contributed by atoms with van der Waals surface area (Å²) in [5, 5.41) is -15.6. The van der Waals surface area contributed by atoms with E-state index in [1.165, 1.54) is 18.2 Å². The van der Waals surface area contributed by atoms with Gasteiger partial charge in [0.05, 0.1) is 0 Å². The van der Waals surface area contributed by atoms with Gasteiger partial charge in [0, 0.05) is 0 Å². The van der Waals surface area contributed by atoms with Gasteiger partial charge in [0.2, 0.25) is 9.84 Å². The van der Waals surface area contributed by atoms with E-state index in [4.69, 9.17) is 4.55 Å². The van der Waals surface area contributed by atoms with Crippen molar-refractivity contribution in [2.45, 2.75) is 21.7 Å². The first-order valence-corrected chi connectivity index (χ1v) is 9.18. The molecule has 0 aromatic heterocycles. The molecule has 0 spiro atoms. The van der Waals surface area contributed by atoms with Crippen LogP contribution in [0.3, 0.4) is 0 Å². The molecule has 0 radical (unpaired) electrons. The molecule has 0 heterocycles. The molecule has 13 heteroatoms. The van der Waals surface area contributed by atoms with Crippen LogP contribution in [0.25, 0.3) is 6.08 Å². The zero-order valence-electron chi connectivity index (χ0n) is 11.7. The van der Waals surface area contributed by atoms with Crippen LogP contribution in [0.1, 0.15) is 16.4 Å². The van der Waals surface area contributed by atoms with E-state index in [-0.39, 0.29) is 11.1 Å². The fourth-order valence-corrected chi connectivity index (χ4v) is 4.31. The first-order chi connectivity index (χ1) is 11.1. The second-order valence-corrected chi connectivity index (χ2v) is 8.61. The monoisotopic (exact) mass is 410 g/mol. The van der Waals surface area contributed by atoms with E-state index in [0.29, 0.717) is 6.08 Å². The molecule has 1 atom stereocenters. The van der Waals surface area contributed by atoms with Crippen molar-refractivity contribution in [3.8, 4) is 0 Å². The van der Waals surface area contributed by atoms with Crippen LogP contribution in [0.5, 0.6) is 0 Å². The largest absolute Gasteiger partial charge is 0.439 e. The molecule has 1 unspecified atom stereocenters. The number of fused-ring (bicyclic) bond motifs is 1. The molecule has 1 aromatic carbocycles. The zero-order valence-corrected chi connectivity index (χ0v) is 13.3. The quantitative estimate of drug-likeness (QED) is 0.596. The minimum Gasteiger partial charge on any atom is -0.281 e. The SMILES string of the molecule is O=S(=O)(O)C(F)(F)C(F)(F)C(F)(F)S(=O)(=O)C1C=Cc2ccccc21. The second-order valence-electron chi connectivity index (χ2n) is 5.04. The predicted molar refractivity (Wildman–Crippen MR) is 73.5 cm³/mol. The molecule has 140 valence electrons. The number of benzene rings is 1. The molecule has 25 heavy (non-hydrogen) atoms. The van der Waals surface area contributed by atoms with Gasteiger partial charge in [-0.3, -0.25) is 4.55 Å². The summed E-state index contributed by atoms with van der Waals surface area (Å²) in [5.41, 5.74) is -0.287. The summed E-state index contributed by atoms with van der Waals surface area (Å²) in [4.78, 5) is 0. The fourth-order valence-electron chi connectivity index (χ4n) is 2.16. The van der Waals surface area contributed by atoms with Crippen LogP contribution >= 0.6 is 0 Å². The Morgan fingerprint density at radius 2 is 1.40 bits per heavy atom. The first kappa shape index (κ1) is 19.7. The van der Waals surface area contributed by atoms with E-state index in [0.717, 1.165) is 12.1 Å². The molecule has 1 aliphatic carbocycles. The molecule has 1 aliphatic rings. The maximum Gasteiger partial charge on any atom is 0.439 e. The molecule has 0 fully saturated rings. The number of alkyl halides is 6. The number of sulfone groups is 1. The third-order valence-electron chi connectivity index (χ3n) is 3.50. The Bertz CT molecular complexity index is 936. The molecule has 0 saturated heterocycles. The lowest BCUT2D eigenvalue weighted by atomic mass is 10.1. The van der Waals surface area contributed by atoms with Crippen molar-refractivity contribution in [3.05, 3.63) is 41.5 Å². The van der Waals surface area contributed by atoms with Gasteiger partial charge in [-0.15, -0.1) is 0 Å². The van der Waals surface area contributed by atoms with E-state index in [9.17, 15) is 43.2 Å². The molecule has 1 aromatic rings. The summed E-state index contributed by atoms with van der Waals surface area (Å²) in [6, 6.07) is 4.87. The lowest BCUT2D eigenvalue weighted by Crippen LogP contribution is -2.61. The van der Waals surface area contributed by atoms with E-state index in [2.05, 4.69) is 0 Å². The standard InChI is InChI=1S/C12H8F6O5S2/c13-10(14,12(17,18)25(21,22)23)11(15,16)24(19,20)9-6-5-7-3-1-2-4-8(7)9/h1-6,9H,(H,21,22,23). The molecular weight excluding hydrogens is 402 g/mol. The van der Waals surface area contributed by atoms with E-state index in [1.54, 1.807) is 0 Å².